The number of nitrogens with one attached hydrogen (secondary N) is 1. The number of phenolic OH excluding ortho intramolecular Hbond substituents is 1. The van der Waals surface area contributed by atoms with Gasteiger partial charge in [-0.1, -0.05) is 24.3 Å². The maximum Gasteiger partial charge on any atom is 0.228 e. The second-order valence-corrected chi connectivity index (χ2v) is 6.49. The molecule has 0 aliphatic heterocycles. The fraction of sp³-hybridized carbons (Fsp3) is 0.136. The number of nitrogens with two attached hydrogens (primary N) is 1. The zero-order valence-corrected chi connectivity index (χ0v) is 14.9. The Kier molecular flexibility index (Phi) is 4.94. The van der Waals surface area contributed by atoms with Gasteiger partial charge in [-0.3, -0.25) is 4.79 Å². The molecule has 0 radical (unpaired) electrons. The van der Waals surface area contributed by atoms with E-state index >= 15 is 0 Å². The van der Waals surface area contributed by atoms with E-state index in [9.17, 15) is 9.90 Å². The number of amides is 1. The van der Waals surface area contributed by atoms with E-state index in [1.54, 1.807) is 24.3 Å². The molecule has 4 nitrogen and oxygen atoms in total. The molecule has 0 unspecified atom stereocenters. The number of carbonyl (C=O) groups is 1. The molecule has 0 aliphatic carbocycles. The zero-order valence-electron chi connectivity index (χ0n) is 14.9. The quantitative estimate of drug-likeness (QED) is 0.611. The van der Waals surface area contributed by atoms with E-state index in [-0.39, 0.29) is 18.1 Å². The Hall–Kier alpha value is -3.27. The summed E-state index contributed by atoms with van der Waals surface area (Å²) in [5, 5.41) is 12.3. The van der Waals surface area contributed by atoms with Gasteiger partial charge in [0.25, 0.3) is 0 Å². The van der Waals surface area contributed by atoms with Crippen molar-refractivity contribution < 1.29 is 9.90 Å². The number of hydrogen-bond acceptors (Lipinski definition) is 3. The summed E-state index contributed by atoms with van der Waals surface area (Å²) in [7, 11) is 0. The van der Waals surface area contributed by atoms with E-state index < -0.39 is 0 Å². The van der Waals surface area contributed by atoms with E-state index in [4.69, 9.17) is 5.73 Å². The lowest BCUT2D eigenvalue weighted by Crippen LogP contribution is -2.15. The average molecular weight is 346 g/mol. The van der Waals surface area contributed by atoms with Crippen LogP contribution in [-0.4, -0.2) is 11.0 Å². The Balaban J connectivity index is 1.73. The number of nitrogen functional groups attached to an aromatic ring is 1. The van der Waals surface area contributed by atoms with Gasteiger partial charge in [0.05, 0.1) is 6.42 Å². The van der Waals surface area contributed by atoms with Crippen LogP contribution in [0.25, 0.3) is 11.1 Å². The molecular formula is C22H22N2O2. The van der Waals surface area contributed by atoms with Gasteiger partial charge < -0.3 is 16.2 Å². The highest BCUT2D eigenvalue weighted by molar-refractivity contribution is 5.93. The Labute approximate surface area is 153 Å². The van der Waals surface area contributed by atoms with Crippen molar-refractivity contribution in [3.63, 3.8) is 0 Å². The third-order valence-electron chi connectivity index (χ3n) is 4.40. The third-order valence-corrected chi connectivity index (χ3v) is 4.40. The van der Waals surface area contributed by atoms with Crippen molar-refractivity contribution >= 4 is 17.3 Å². The lowest BCUT2D eigenvalue weighted by molar-refractivity contribution is -0.115. The smallest absolute Gasteiger partial charge is 0.228 e. The minimum Gasteiger partial charge on any atom is -0.508 e. The van der Waals surface area contributed by atoms with Crippen molar-refractivity contribution in [2.45, 2.75) is 20.3 Å². The molecule has 3 rings (SSSR count). The summed E-state index contributed by atoms with van der Waals surface area (Å²) in [6, 6.07) is 18.6. The molecule has 0 aromatic heterocycles. The van der Waals surface area contributed by atoms with Gasteiger partial charge in [-0.2, -0.15) is 0 Å². The number of phenols is 1. The van der Waals surface area contributed by atoms with Crippen molar-refractivity contribution in [2.75, 3.05) is 11.1 Å². The summed E-state index contributed by atoms with van der Waals surface area (Å²) in [5.41, 5.74) is 12.5. The molecule has 0 spiro atoms. The molecule has 0 saturated carbocycles. The van der Waals surface area contributed by atoms with Crippen molar-refractivity contribution in [2.24, 2.45) is 0 Å². The molecule has 1 amide bonds. The Morgan fingerprint density at radius 1 is 0.923 bits per heavy atom. The van der Waals surface area contributed by atoms with Crippen LogP contribution >= 0.6 is 0 Å². The molecule has 0 fully saturated rings. The summed E-state index contributed by atoms with van der Waals surface area (Å²) in [5.74, 6) is 0.105. The minimum atomic E-state index is -0.0881. The van der Waals surface area contributed by atoms with Gasteiger partial charge in [-0.05, 0) is 78.1 Å². The van der Waals surface area contributed by atoms with Gasteiger partial charge in [0.15, 0.2) is 0 Å². The number of benzene rings is 3. The van der Waals surface area contributed by atoms with E-state index in [2.05, 4.69) is 17.4 Å². The largest absolute Gasteiger partial charge is 0.508 e. The second kappa shape index (κ2) is 7.31. The molecule has 0 saturated heterocycles. The molecule has 3 aromatic carbocycles. The van der Waals surface area contributed by atoms with Crippen molar-refractivity contribution in [1.82, 2.24) is 0 Å². The SMILES string of the molecule is Cc1cc(-c2ccc(NC(=O)Cc3ccc(O)cc3)c(C)c2)ccc1N. The van der Waals surface area contributed by atoms with Crippen molar-refractivity contribution in [3.05, 3.63) is 77.4 Å². The van der Waals surface area contributed by atoms with Gasteiger partial charge in [-0.25, -0.2) is 0 Å². The first-order valence-electron chi connectivity index (χ1n) is 8.47. The number of rotatable bonds is 4. The normalized spacial score (nSPS) is 10.5. The predicted octanol–water partition coefficient (Wildman–Crippen LogP) is 4.44. The Morgan fingerprint density at radius 3 is 2.15 bits per heavy atom. The van der Waals surface area contributed by atoms with E-state index in [1.165, 1.54) is 0 Å². The molecule has 0 heterocycles. The summed E-state index contributed by atoms with van der Waals surface area (Å²) < 4.78 is 0. The number of anilines is 2. The lowest BCUT2D eigenvalue weighted by Gasteiger charge is -2.11. The highest BCUT2D eigenvalue weighted by Crippen LogP contribution is 2.27. The molecule has 26 heavy (non-hydrogen) atoms. The molecule has 0 atom stereocenters. The van der Waals surface area contributed by atoms with Crippen LogP contribution < -0.4 is 11.1 Å². The first-order chi connectivity index (χ1) is 12.4. The van der Waals surface area contributed by atoms with E-state index in [1.807, 2.05) is 38.1 Å². The van der Waals surface area contributed by atoms with Crippen LogP contribution in [0.1, 0.15) is 16.7 Å². The molecular weight excluding hydrogens is 324 g/mol. The number of hydrogen-bond donors (Lipinski definition) is 3. The van der Waals surface area contributed by atoms with Crippen LogP contribution in [0, 0.1) is 13.8 Å². The average Bonchev–Trinajstić information content (AvgIpc) is 2.61. The van der Waals surface area contributed by atoms with Crippen molar-refractivity contribution in [1.29, 1.82) is 0 Å². The summed E-state index contributed by atoms with van der Waals surface area (Å²) in [6.45, 7) is 3.97. The van der Waals surface area contributed by atoms with Crippen LogP contribution in [0.15, 0.2) is 60.7 Å². The van der Waals surface area contributed by atoms with Crippen LogP contribution in [0.5, 0.6) is 5.75 Å². The number of aryl methyl sites for hydroxylation is 2. The lowest BCUT2D eigenvalue weighted by atomic mass is 10.00. The standard InChI is InChI=1S/C22H22N2O2/c1-14-11-17(5-9-20(14)23)18-6-10-21(15(2)12-18)24-22(26)13-16-3-7-19(25)8-4-16/h3-12,25H,13,23H2,1-2H3,(H,24,26). The van der Waals surface area contributed by atoms with Gasteiger partial charge in [0.1, 0.15) is 5.75 Å². The number of aromatic hydroxyl groups is 1. The zero-order chi connectivity index (χ0) is 18.7. The predicted molar refractivity (Wildman–Crippen MR) is 106 cm³/mol. The van der Waals surface area contributed by atoms with Crippen LogP contribution in [0.2, 0.25) is 0 Å². The van der Waals surface area contributed by atoms with Gasteiger partial charge >= 0.3 is 0 Å². The summed E-state index contributed by atoms with van der Waals surface area (Å²) in [4.78, 5) is 12.3. The summed E-state index contributed by atoms with van der Waals surface area (Å²) in [6.07, 6.45) is 0.263. The molecule has 3 aromatic rings. The maximum absolute atomic E-state index is 12.3. The minimum absolute atomic E-state index is 0.0881. The Bertz CT molecular complexity index is 947. The van der Waals surface area contributed by atoms with E-state index in [0.717, 1.165) is 39.2 Å². The molecule has 4 N–H and O–H groups in total. The maximum atomic E-state index is 12.3. The van der Waals surface area contributed by atoms with Gasteiger partial charge in [0, 0.05) is 11.4 Å². The monoisotopic (exact) mass is 346 g/mol. The number of carbonyl (C=O) groups excluding carboxylic acids is 1. The van der Waals surface area contributed by atoms with Crippen LogP contribution in [0.3, 0.4) is 0 Å². The molecule has 0 bridgehead atoms. The van der Waals surface area contributed by atoms with Crippen LogP contribution in [0.4, 0.5) is 11.4 Å². The van der Waals surface area contributed by atoms with Gasteiger partial charge in [0.2, 0.25) is 5.91 Å². The molecule has 0 aliphatic rings. The second-order valence-electron chi connectivity index (χ2n) is 6.49. The van der Waals surface area contributed by atoms with Crippen LogP contribution in [-0.2, 0) is 11.2 Å². The topological polar surface area (TPSA) is 75.3 Å². The fourth-order valence-electron chi connectivity index (χ4n) is 2.83. The fourth-order valence-corrected chi connectivity index (χ4v) is 2.83. The Morgan fingerprint density at radius 2 is 1.54 bits per heavy atom. The summed E-state index contributed by atoms with van der Waals surface area (Å²) >= 11 is 0. The highest BCUT2D eigenvalue weighted by Gasteiger charge is 2.08. The highest BCUT2D eigenvalue weighted by atomic mass is 16.3. The molecule has 4 heteroatoms. The molecule has 132 valence electrons. The van der Waals surface area contributed by atoms with Gasteiger partial charge in [-0.15, -0.1) is 0 Å². The first-order valence-corrected chi connectivity index (χ1v) is 8.47. The van der Waals surface area contributed by atoms with Crippen molar-refractivity contribution in [3.8, 4) is 16.9 Å². The first kappa shape index (κ1) is 17.5. The van der Waals surface area contributed by atoms with E-state index in [0.29, 0.717) is 0 Å². The third kappa shape index (κ3) is 4.03.